The Morgan fingerprint density at radius 3 is 2.15 bits per heavy atom. The van der Waals surface area contributed by atoms with Crippen molar-refractivity contribution in [1.82, 2.24) is 10.2 Å². The van der Waals surface area contributed by atoms with Gasteiger partial charge in [-0.1, -0.05) is 53.0 Å². The third-order valence-corrected chi connectivity index (χ3v) is 7.08. The number of amides is 2. The topological polar surface area (TPSA) is 86.8 Å². The molecule has 0 aliphatic heterocycles. The van der Waals surface area contributed by atoms with E-state index >= 15 is 0 Å². The zero-order chi connectivity index (χ0) is 25.8. The molecule has 0 aliphatic carbocycles. The molecule has 2 rings (SSSR count). The van der Waals surface area contributed by atoms with Crippen LogP contribution in [-0.4, -0.2) is 49.5 Å². The van der Waals surface area contributed by atoms with Gasteiger partial charge in [-0.05, 0) is 57.5 Å². The molecule has 2 aromatic rings. The van der Waals surface area contributed by atoms with Crippen LogP contribution < -0.4 is 9.62 Å². The molecule has 2 amide bonds. The fourth-order valence-corrected chi connectivity index (χ4v) is 4.45. The number of halogens is 3. The molecular formula is C23H28Cl3N3O4S. The Morgan fingerprint density at radius 2 is 1.62 bits per heavy atom. The number of anilines is 1. The van der Waals surface area contributed by atoms with Gasteiger partial charge in [0.25, 0.3) is 0 Å². The van der Waals surface area contributed by atoms with E-state index in [1.807, 2.05) is 20.8 Å². The van der Waals surface area contributed by atoms with E-state index in [1.165, 1.54) is 23.1 Å². The van der Waals surface area contributed by atoms with E-state index in [0.29, 0.717) is 10.6 Å². The van der Waals surface area contributed by atoms with Crippen LogP contribution in [0.15, 0.2) is 42.5 Å². The van der Waals surface area contributed by atoms with Crippen LogP contribution in [0.3, 0.4) is 0 Å². The second kappa shape index (κ2) is 11.2. The summed E-state index contributed by atoms with van der Waals surface area (Å²) in [6.45, 7) is 6.53. The molecule has 0 fully saturated rings. The molecule has 7 nitrogen and oxygen atoms in total. The van der Waals surface area contributed by atoms with Crippen molar-refractivity contribution in [2.75, 3.05) is 17.1 Å². The molecule has 0 unspecified atom stereocenters. The van der Waals surface area contributed by atoms with Crippen LogP contribution in [0.5, 0.6) is 0 Å². The molecule has 0 spiro atoms. The first kappa shape index (κ1) is 28.2. The van der Waals surface area contributed by atoms with E-state index in [-0.39, 0.29) is 28.2 Å². The summed E-state index contributed by atoms with van der Waals surface area (Å²) in [6.07, 6.45) is 0.983. The Labute approximate surface area is 216 Å². The number of hydrogen-bond acceptors (Lipinski definition) is 4. The first-order valence-electron chi connectivity index (χ1n) is 10.4. The molecule has 0 saturated heterocycles. The first-order valence-corrected chi connectivity index (χ1v) is 13.4. The van der Waals surface area contributed by atoms with E-state index in [9.17, 15) is 18.0 Å². The second-order valence-corrected chi connectivity index (χ2v) is 12.0. The summed E-state index contributed by atoms with van der Waals surface area (Å²) in [5.74, 6) is -0.971. The zero-order valence-corrected chi connectivity index (χ0v) is 22.7. The second-order valence-electron chi connectivity index (χ2n) is 8.90. The van der Waals surface area contributed by atoms with E-state index in [0.717, 1.165) is 10.6 Å². The molecule has 2 aromatic carbocycles. The van der Waals surface area contributed by atoms with Crippen LogP contribution in [0.1, 0.15) is 33.3 Å². The summed E-state index contributed by atoms with van der Waals surface area (Å²) in [5, 5.41) is 3.67. The highest BCUT2D eigenvalue weighted by molar-refractivity contribution is 7.92. The van der Waals surface area contributed by atoms with Gasteiger partial charge in [0.15, 0.2) is 0 Å². The van der Waals surface area contributed by atoms with Gasteiger partial charge in [-0.15, -0.1) is 0 Å². The van der Waals surface area contributed by atoms with Gasteiger partial charge in [0, 0.05) is 17.1 Å². The Bertz CT molecular complexity index is 1170. The highest BCUT2D eigenvalue weighted by Crippen LogP contribution is 2.29. The molecule has 0 saturated carbocycles. The van der Waals surface area contributed by atoms with Crippen molar-refractivity contribution in [3.05, 3.63) is 63.1 Å². The van der Waals surface area contributed by atoms with E-state index in [2.05, 4.69) is 5.32 Å². The predicted molar refractivity (Wildman–Crippen MR) is 138 cm³/mol. The number of hydrogen-bond donors (Lipinski definition) is 1. The monoisotopic (exact) mass is 547 g/mol. The van der Waals surface area contributed by atoms with Gasteiger partial charge in [0.2, 0.25) is 21.8 Å². The minimum absolute atomic E-state index is 0.0101. The first-order chi connectivity index (χ1) is 15.6. The molecule has 0 aliphatic rings. The van der Waals surface area contributed by atoms with Crippen LogP contribution in [-0.2, 0) is 26.2 Å². The average Bonchev–Trinajstić information content (AvgIpc) is 2.70. The van der Waals surface area contributed by atoms with Crippen molar-refractivity contribution >= 4 is 62.3 Å². The SMILES string of the molecule is C[C@H](C(=O)NC(C)(C)C)N(Cc1ccccc1Cl)C(=O)CN(c1ccc(Cl)c(Cl)c1)S(C)(=O)=O. The van der Waals surface area contributed by atoms with Gasteiger partial charge >= 0.3 is 0 Å². The summed E-state index contributed by atoms with van der Waals surface area (Å²) < 4.78 is 26.1. The Morgan fingerprint density at radius 1 is 1.00 bits per heavy atom. The molecule has 0 bridgehead atoms. The lowest BCUT2D eigenvalue weighted by atomic mass is 10.1. The number of benzene rings is 2. The van der Waals surface area contributed by atoms with E-state index in [1.54, 1.807) is 31.2 Å². The molecule has 0 heterocycles. The molecular weight excluding hydrogens is 521 g/mol. The fourth-order valence-electron chi connectivity index (χ4n) is 3.12. The van der Waals surface area contributed by atoms with Gasteiger partial charge in [0.05, 0.1) is 22.0 Å². The van der Waals surface area contributed by atoms with Gasteiger partial charge in [-0.2, -0.15) is 0 Å². The maximum Gasteiger partial charge on any atom is 0.244 e. The molecule has 11 heteroatoms. The smallest absolute Gasteiger partial charge is 0.244 e. The lowest BCUT2D eigenvalue weighted by molar-refractivity contribution is -0.140. The molecule has 0 aromatic heterocycles. The summed E-state index contributed by atoms with van der Waals surface area (Å²) in [5.41, 5.74) is 0.270. The summed E-state index contributed by atoms with van der Waals surface area (Å²) in [4.78, 5) is 27.7. The molecule has 0 radical (unpaired) electrons. The molecule has 1 N–H and O–H groups in total. The van der Waals surface area contributed by atoms with Gasteiger partial charge in [0.1, 0.15) is 12.6 Å². The number of rotatable bonds is 8. The minimum atomic E-state index is -3.87. The van der Waals surface area contributed by atoms with Crippen molar-refractivity contribution in [1.29, 1.82) is 0 Å². The van der Waals surface area contributed by atoms with Gasteiger partial charge in [-0.25, -0.2) is 8.42 Å². The highest BCUT2D eigenvalue weighted by Gasteiger charge is 2.31. The third-order valence-electron chi connectivity index (χ3n) is 4.83. The molecule has 186 valence electrons. The van der Waals surface area contributed by atoms with E-state index < -0.39 is 34.1 Å². The molecule has 34 heavy (non-hydrogen) atoms. The fraction of sp³-hybridized carbons (Fsp3) is 0.391. The van der Waals surface area contributed by atoms with Crippen molar-refractivity contribution in [3.63, 3.8) is 0 Å². The van der Waals surface area contributed by atoms with Crippen LogP contribution in [0.4, 0.5) is 5.69 Å². The Hall–Kier alpha value is -2.00. The largest absolute Gasteiger partial charge is 0.350 e. The molecule has 1 atom stereocenters. The van der Waals surface area contributed by atoms with Crippen LogP contribution >= 0.6 is 34.8 Å². The lowest BCUT2D eigenvalue weighted by Gasteiger charge is -2.33. The normalized spacial score (nSPS) is 12.7. The van der Waals surface area contributed by atoms with Crippen molar-refractivity contribution in [3.8, 4) is 0 Å². The van der Waals surface area contributed by atoms with Crippen molar-refractivity contribution in [2.45, 2.75) is 45.8 Å². The van der Waals surface area contributed by atoms with Crippen molar-refractivity contribution < 1.29 is 18.0 Å². The number of carbonyl (C=O) groups is 2. The predicted octanol–water partition coefficient (Wildman–Crippen LogP) is 4.74. The Balaban J connectivity index is 2.44. The maximum atomic E-state index is 13.5. The van der Waals surface area contributed by atoms with Crippen LogP contribution in [0.25, 0.3) is 0 Å². The third kappa shape index (κ3) is 7.77. The van der Waals surface area contributed by atoms with Gasteiger partial charge in [-0.3, -0.25) is 13.9 Å². The summed E-state index contributed by atoms with van der Waals surface area (Å²) in [6, 6.07) is 10.3. The van der Waals surface area contributed by atoms with Crippen LogP contribution in [0, 0.1) is 0 Å². The average molecular weight is 549 g/mol. The maximum absolute atomic E-state index is 13.5. The number of nitrogens with zero attached hydrogens (tertiary/aromatic N) is 2. The Kier molecular flexibility index (Phi) is 9.27. The quantitative estimate of drug-likeness (QED) is 0.516. The van der Waals surface area contributed by atoms with E-state index in [4.69, 9.17) is 34.8 Å². The lowest BCUT2D eigenvalue weighted by Crippen LogP contribution is -2.54. The minimum Gasteiger partial charge on any atom is -0.350 e. The van der Waals surface area contributed by atoms with Gasteiger partial charge < -0.3 is 10.2 Å². The van der Waals surface area contributed by atoms with Crippen molar-refractivity contribution in [2.24, 2.45) is 0 Å². The number of sulfonamides is 1. The summed E-state index contributed by atoms with van der Waals surface area (Å²) in [7, 11) is -3.87. The standard InChI is InChI=1S/C23H28Cl3N3O4S/c1-15(22(31)27-23(2,3)4)28(13-16-8-6-7-9-18(16)24)21(30)14-29(34(5,32)33)17-10-11-19(25)20(26)12-17/h6-12,15H,13-14H2,1-5H3,(H,27,31)/t15-/m1/s1. The zero-order valence-electron chi connectivity index (χ0n) is 19.6. The number of carbonyl (C=O) groups excluding carboxylic acids is 2. The number of nitrogens with one attached hydrogen (secondary N) is 1. The highest BCUT2D eigenvalue weighted by atomic mass is 35.5. The summed E-state index contributed by atoms with van der Waals surface area (Å²) >= 11 is 18.3. The van der Waals surface area contributed by atoms with Crippen LogP contribution in [0.2, 0.25) is 15.1 Å².